The molecule has 0 aliphatic heterocycles. The summed E-state index contributed by atoms with van der Waals surface area (Å²) in [4.78, 5) is 27.0. The van der Waals surface area contributed by atoms with Crippen LogP contribution in [-0.2, 0) is 14.2 Å². The van der Waals surface area contributed by atoms with Crippen molar-refractivity contribution < 1.29 is 29.2 Å². The van der Waals surface area contributed by atoms with Crippen molar-refractivity contribution in [2.45, 2.75) is 12.5 Å². The number of para-hydroxylation sites is 1. The summed E-state index contributed by atoms with van der Waals surface area (Å²) in [7, 11) is -0.738. The highest BCUT2D eigenvalue weighted by Crippen LogP contribution is 2.20. The van der Waals surface area contributed by atoms with Crippen molar-refractivity contribution in [2.24, 2.45) is 0 Å². The molecule has 0 fully saturated rings. The fourth-order valence-corrected chi connectivity index (χ4v) is 1.57. The topological polar surface area (TPSA) is 104 Å². The van der Waals surface area contributed by atoms with Gasteiger partial charge in [-0.3, -0.25) is 14.2 Å². The van der Waals surface area contributed by atoms with Crippen LogP contribution in [0.3, 0.4) is 0 Å². The second-order valence-corrected chi connectivity index (χ2v) is 3.80. The van der Waals surface area contributed by atoms with Crippen LogP contribution in [0, 0.1) is 0 Å². The minimum atomic E-state index is -1.54. The van der Waals surface area contributed by atoms with Crippen molar-refractivity contribution in [3.63, 3.8) is 0 Å². The molecule has 2 N–H and O–H groups in total. The van der Waals surface area contributed by atoms with Gasteiger partial charge in [0.1, 0.15) is 5.75 Å². The molecule has 0 bridgehead atoms. The number of nitrogens with zero attached hydrogens (tertiary/aromatic N) is 1. The molecular formula is C10H10NO6P. The van der Waals surface area contributed by atoms with Gasteiger partial charge in [-0.25, -0.2) is 0 Å². The molecule has 0 radical (unpaired) electrons. The fourth-order valence-electron chi connectivity index (χ4n) is 1.15. The van der Waals surface area contributed by atoms with E-state index in [9.17, 15) is 14.2 Å². The fraction of sp³-hybridized carbons (Fsp3) is 0.200. The first-order chi connectivity index (χ1) is 8.54. The highest BCUT2D eigenvalue weighted by Gasteiger charge is 2.31. The van der Waals surface area contributed by atoms with Gasteiger partial charge in [0.15, 0.2) is 6.04 Å². The van der Waals surface area contributed by atoms with E-state index in [1.54, 1.807) is 18.2 Å². The molecule has 1 atom stereocenters. The number of hydrogen-bond acceptors (Lipinski definition) is 4. The minimum absolute atomic E-state index is 0.262. The third kappa shape index (κ3) is 4.12. The Balaban J connectivity index is 2.82. The van der Waals surface area contributed by atoms with E-state index in [2.05, 4.69) is 0 Å². The van der Waals surface area contributed by atoms with Crippen LogP contribution in [0.4, 0.5) is 0 Å². The summed E-state index contributed by atoms with van der Waals surface area (Å²) in [5.74, 6) is -2.50. The van der Waals surface area contributed by atoms with Crippen LogP contribution in [0.25, 0.3) is 0 Å². The van der Waals surface area contributed by atoms with Gasteiger partial charge in [-0.15, -0.1) is 0 Å². The Hall–Kier alpha value is -1.98. The number of carboxylic acid groups (broad SMARTS) is 2. The third-order valence-corrected chi connectivity index (χ3v) is 2.46. The first-order valence-corrected chi connectivity index (χ1v) is 5.61. The molecule has 0 heterocycles. The number of aliphatic carboxylic acids is 2. The van der Waals surface area contributed by atoms with Gasteiger partial charge >= 0.3 is 11.9 Å². The first kappa shape index (κ1) is 14.1. The zero-order valence-electron chi connectivity index (χ0n) is 9.09. The number of hydrogen-bond donors (Lipinski definition) is 2. The van der Waals surface area contributed by atoms with E-state index < -0.39 is 33.0 Å². The van der Waals surface area contributed by atoms with Crippen LogP contribution in [-0.4, -0.2) is 33.0 Å². The van der Waals surface area contributed by atoms with E-state index in [-0.39, 0.29) is 5.75 Å². The minimum Gasteiger partial charge on any atom is -0.481 e. The Morgan fingerprint density at radius 2 is 1.89 bits per heavy atom. The predicted octanol–water partition coefficient (Wildman–Crippen LogP) is 1.42. The maximum atomic E-state index is 10.9. The SMILES string of the molecule is O=PN(Oc1ccccc1)[C@@H](CC(=O)O)C(=O)O. The van der Waals surface area contributed by atoms with Crippen molar-refractivity contribution in [3.05, 3.63) is 30.3 Å². The molecule has 1 rings (SSSR count). The van der Waals surface area contributed by atoms with E-state index in [0.29, 0.717) is 4.83 Å². The summed E-state index contributed by atoms with van der Waals surface area (Å²) in [5, 5.41) is 17.5. The lowest BCUT2D eigenvalue weighted by Gasteiger charge is -2.20. The van der Waals surface area contributed by atoms with Gasteiger partial charge in [0.25, 0.3) is 8.61 Å². The highest BCUT2D eigenvalue weighted by molar-refractivity contribution is 7.20. The lowest BCUT2D eigenvalue weighted by molar-refractivity contribution is -0.154. The molecule has 96 valence electrons. The van der Waals surface area contributed by atoms with Crippen LogP contribution in [0.5, 0.6) is 5.75 Å². The largest absolute Gasteiger partial charge is 0.481 e. The van der Waals surface area contributed by atoms with E-state index in [1.165, 1.54) is 12.1 Å². The molecule has 0 saturated heterocycles. The molecule has 18 heavy (non-hydrogen) atoms. The monoisotopic (exact) mass is 271 g/mol. The van der Waals surface area contributed by atoms with Crippen molar-refractivity contribution in [2.75, 3.05) is 0 Å². The molecule has 0 aliphatic rings. The Labute approximate surface area is 104 Å². The number of carboxylic acids is 2. The molecule has 0 aliphatic carbocycles. The van der Waals surface area contributed by atoms with Gasteiger partial charge in [-0.2, -0.15) is 0 Å². The molecular weight excluding hydrogens is 261 g/mol. The van der Waals surface area contributed by atoms with Crippen LogP contribution in [0.1, 0.15) is 6.42 Å². The van der Waals surface area contributed by atoms with E-state index in [1.807, 2.05) is 0 Å². The molecule has 0 saturated carbocycles. The molecule has 0 unspecified atom stereocenters. The van der Waals surface area contributed by atoms with Gasteiger partial charge in [0.05, 0.1) is 6.42 Å². The smallest absolute Gasteiger partial charge is 0.325 e. The average Bonchev–Trinajstić information content (AvgIpc) is 2.34. The van der Waals surface area contributed by atoms with Crippen molar-refractivity contribution >= 4 is 20.5 Å². The summed E-state index contributed by atoms with van der Waals surface area (Å²) < 4.78 is 10.9. The van der Waals surface area contributed by atoms with E-state index in [4.69, 9.17) is 15.1 Å². The highest BCUT2D eigenvalue weighted by atomic mass is 31.1. The second kappa shape index (κ2) is 6.68. The normalized spacial score (nSPS) is 12.3. The number of carbonyl (C=O) groups is 2. The molecule has 7 nitrogen and oxygen atoms in total. The quantitative estimate of drug-likeness (QED) is 0.570. The Bertz CT molecular complexity index is 437. The Kier molecular flexibility index (Phi) is 5.23. The summed E-state index contributed by atoms with van der Waals surface area (Å²) >= 11 is 0. The lowest BCUT2D eigenvalue weighted by atomic mass is 10.2. The summed E-state index contributed by atoms with van der Waals surface area (Å²) in [6.45, 7) is 0. The molecule has 0 spiro atoms. The van der Waals surface area contributed by atoms with Gasteiger partial charge in [0, 0.05) is 0 Å². The maximum absolute atomic E-state index is 10.9. The molecule has 0 amide bonds. The van der Waals surface area contributed by atoms with Crippen LogP contribution in [0.2, 0.25) is 0 Å². The lowest BCUT2D eigenvalue weighted by Crippen LogP contribution is -2.38. The van der Waals surface area contributed by atoms with Crippen molar-refractivity contribution in [1.82, 2.24) is 4.83 Å². The predicted molar refractivity (Wildman–Crippen MR) is 60.2 cm³/mol. The second-order valence-electron chi connectivity index (χ2n) is 3.24. The third-order valence-electron chi connectivity index (χ3n) is 1.94. The Morgan fingerprint density at radius 1 is 1.28 bits per heavy atom. The summed E-state index contributed by atoms with van der Waals surface area (Å²) in [6, 6.07) is 6.51. The van der Waals surface area contributed by atoms with Gasteiger partial charge in [-0.05, 0) is 17.0 Å². The van der Waals surface area contributed by atoms with Gasteiger partial charge in [-0.1, -0.05) is 18.2 Å². The summed E-state index contributed by atoms with van der Waals surface area (Å²) in [5.41, 5.74) is 0. The average molecular weight is 271 g/mol. The van der Waals surface area contributed by atoms with E-state index in [0.717, 1.165) is 0 Å². The number of benzene rings is 1. The number of hydroxylamine groups is 1. The zero-order valence-corrected chi connectivity index (χ0v) is 9.99. The van der Waals surface area contributed by atoms with Crippen molar-refractivity contribution in [3.8, 4) is 5.75 Å². The number of rotatable bonds is 7. The van der Waals surface area contributed by atoms with Crippen molar-refractivity contribution in [1.29, 1.82) is 0 Å². The van der Waals surface area contributed by atoms with Crippen LogP contribution < -0.4 is 4.84 Å². The molecule has 1 aromatic carbocycles. The summed E-state index contributed by atoms with van der Waals surface area (Å²) in [6.07, 6.45) is -0.725. The van der Waals surface area contributed by atoms with Gasteiger partial charge < -0.3 is 15.1 Å². The zero-order chi connectivity index (χ0) is 13.5. The van der Waals surface area contributed by atoms with E-state index >= 15 is 0 Å². The molecule has 1 aromatic rings. The Morgan fingerprint density at radius 3 is 2.33 bits per heavy atom. The van der Waals surface area contributed by atoms with Gasteiger partial charge in [0.2, 0.25) is 0 Å². The molecule has 8 heteroatoms. The first-order valence-electron chi connectivity index (χ1n) is 4.84. The standard InChI is InChI=1S/C10H10NO6P/c12-9(13)6-8(10(14)15)11(18-16)17-7-4-2-1-3-5-7/h1-5,8H,6H2,(H,12,13)(H,14,15)/t8-/m0/s1. The maximum Gasteiger partial charge on any atom is 0.325 e. The molecule has 0 aromatic heterocycles. The van der Waals surface area contributed by atoms with Crippen LogP contribution in [0.15, 0.2) is 30.3 Å². The van der Waals surface area contributed by atoms with Crippen LogP contribution >= 0.6 is 8.61 Å².